The molecule has 0 saturated heterocycles. The molecule has 186 valence electrons. The number of rotatable bonds is 7. The van der Waals surface area contributed by atoms with E-state index in [1.54, 1.807) is 10.7 Å². The molecule has 0 bridgehead atoms. The average molecular weight is 530 g/mol. The lowest BCUT2D eigenvalue weighted by molar-refractivity contribution is -0.113. The van der Waals surface area contributed by atoms with Crippen molar-refractivity contribution < 1.29 is 9.59 Å². The zero-order chi connectivity index (χ0) is 25.9. The first kappa shape index (κ1) is 24.8. The minimum atomic E-state index is -0.608. The van der Waals surface area contributed by atoms with Crippen LogP contribution in [0.3, 0.4) is 0 Å². The Hall–Kier alpha value is -3.88. The fourth-order valence-electron chi connectivity index (χ4n) is 4.14. The van der Waals surface area contributed by atoms with E-state index in [4.69, 9.17) is 11.6 Å². The van der Waals surface area contributed by atoms with Crippen molar-refractivity contribution in [3.8, 4) is 0 Å². The number of thioether (sulfide) groups is 1. The highest BCUT2D eigenvalue weighted by Crippen LogP contribution is 2.39. The van der Waals surface area contributed by atoms with Crippen molar-refractivity contribution in [2.45, 2.75) is 25.0 Å². The summed E-state index contributed by atoms with van der Waals surface area (Å²) >= 11 is 7.86. The molecule has 0 spiro atoms. The summed E-state index contributed by atoms with van der Waals surface area (Å²) in [4.78, 5) is 30.8. The lowest BCUT2D eigenvalue weighted by Gasteiger charge is -2.29. The zero-order valence-corrected chi connectivity index (χ0v) is 21.8. The minimum Gasteiger partial charge on any atom is -0.328 e. The van der Waals surface area contributed by atoms with Gasteiger partial charge in [-0.3, -0.25) is 9.59 Å². The number of amides is 1. The number of fused-ring (bicyclic) bond motifs is 1. The van der Waals surface area contributed by atoms with Crippen LogP contribution in [0, 0.1) is 6.92 Å². The third-order valence-corrected chi connectivity index (χ3v) is 7.20. The molecule has 1 aromatic heterocycles. The number of carbonyl (C=O) groups excluding carboxylic acids is 2. The van der Waals surface area contributed by atoms with Crippen LogP contribution < -0.4 is 10.6 Å². The Labute approximate surface area is 224 Å². The van der Waals surface area contributed by atoms with Gasteiger partial charge in [0.1, 0.15) is 6.04 Å². The largest absolute Gasteiger partial charge is 0.328 e. The lowest BCUT2D eigenvalue weighted by atomic mass is 9.95. The standard InChI is InChI=1S/C28H24ClN5O2S/c1-17-12-14-19(15-13-17)23(35)16-37-28-32-27-30-18(2)24(26(36)31-20-8-4-3-5-9-20)25(34(27)33-28)21-10-6-7-11-22(21)29/h3-15,25H,16H2,1-2H3,(H,31,36)(H,30,32,33)/t25-/m1/s1. The summed E-state index contributed by atoms with van der Waals surface area (Å²) in [5.41, 5.74) is 4.26. The van der Waals surface area contributed by atoms with E-state index >= 15 is 0 Å². The fourth-order valence-corrected chi connectivity index (χ4v) is 5.11. The first-order valence-electron chi connectivity index (χ1n) is 11.7. The molecule has 1 atom stereocenters. The average Bonchev–Trinajstić information content (AvgIpc) is 3.30. The number of Topliss-reactive ketones (excluding diaryl/α,β-unsaturated/α-hetero) is 1. The molecule has 0 radical (unpaired) electrons. The zero-order valence-electron chi connectivity index (χ0n) is 20.2. The van der Waals surface area contributed by atoms with Crippen LogP contribution in [0.4, 0.5) is 11.6 Å². The molecule has 0 unspecified atom stereocenters. The Kier molecular flexibility index (Phi) is 7.12. The number of anilines is 2. The van der Waals surface area contributed by atoms with E-state index in [1.165, 1.54) is 11.8 Å². The minimum absolute atomic E-state index is 0.00869. The quantitative estimate of drug-likeness (QED) is 0.221. The summed E-state index contributed by atoms with van der Waals surface area (Å²) in [5.74, 6) is 0.387. The number of aryl methyl sites for hydroxylation is 1. The highest BCUT2D eigenvalue weighted by Gasteiger charge is 2.35. The van der Waals surface area contributed by atoms with Crippen molar-refractivity contribution in [1.82, 2.24) is 14.8 Å². The smallest absolute Gasteiger partial charge is 0.255 e. The number of halogens is 1. The van der Waals surface area contributed by atoms with Gasteiger partial charge >= 0.3 is 0 Å². The molecule has 7 nitrogen and oxygen atoms in total. The van der Waals surface area contributed by atoms with Crippen molar-refractivity contribution in [3.63, 3.8) is 0 Å². The van der Waals surface area contributed by atoms with E-state index in [2.05, 4.69) is 20.7 Å². The van der Waals surface area contributed by atoms with Crippen LogP contribution in [0.25, 0.3) is 0 Å². The maximum atomic E-state index is 13.5. The molecular formula is C28H24ClN5O2S. The van der Waals surface area contributed by atoms with Crippen LogP contribution in [0.5, 0.6) is 0 Å². The van der Waals surface area contributed by atoms with Gasteiger partial charge in [-0.25, -0.2) is 4.68 Å². The third kappa shape index (κ3) is 5.30. The summed E-state index contributed by atoms with van der Waals surface area (Å²) in [7, 11) is 0. The molecule has 1 aliphatic rings. The van der Waals surface area contributed by atoms with E-state index < -0.39 is 6.04 Å². The van der Waals surface area contributed by atoms with Crippen LogP contribution in [0.1, 0.15) is 34.5 Å². The summed E-state index contributed by atoms with van der Waals surface area (Å²) < 4.78 is 1.66. The van der Waals surface area contributed by atoms with Gasteiger partial charge in [0.2, 0.25) is 11.1 Å². The molecule has 0 aliphatic carbocycles. The van der Waals surface area contributed by atoms with Crippen molar-refractivity contribution in [1.29, 1.82) is 0 Å². The molecule has 0 fully saturated rings. The molecule has 2 N–H and O–H groups in total. The van der Waals surface area contributed by atoms with E-state index in [-0.39, 0.29) is 17.4 Å². The summed E-state index contributed by atoms with van der Waals surface area (Å²) in [5, 5.41) is 11.8. The van der Waals surface area contributed by atoms with E-state index in [9.17, 15) is 9.59 Å². The SMILES string of the molecule is CC1=C(C(=O)Nc2ccccc2)[C@@H](c2ccccc2Cl)n2nc(SCC(=O)c3ccc(C)cc3)nc2N1. The Morgan fingerprint density at radius 3 is 2.43 bits per heavy atom. The second-order valence-electron chi connectivity index (χ2n) is 8.65. The first-order chi connectivity index (χ1) is 17.9. The molecule has 37 heavy (non-hydrogen) atoms. The predicted molar refractivity (Wildman–Crippen MR) is 147 cm³/mol. The highest BCUT2D eigenvalue weighted by atomic mass is 35.5. The molecule has 9 heteroatoms. The monoisotopic (exact) mass is 529 g/mol. The van der Waals surface area contributed by atoms with Gasteiger partial charge in [-0.15, -0.1) is 5.10 Å². The Bertz CT molecular complexity index is 1500. The Morgan fingerprint density at radius 1 is 1.00 bits per heavy atom. The Morgan fingerprint density at radius 2 is 1.70 bits per heavy atom. The topological polar surface area (TPSA) is 88.9 Å². The van der Waals surface area contributed by atoms with Gasteiger partial charge in [-0.05, 0) is 32.0 Å². The number of benzene rings is 3. The van der Waals surface area contributed by atoms with Crippen molar-refractivity contribution >= 4 is 46.7 Å². The van der Waals surface area contributed by atoms with E-state index in [0.717, 1.165) is 11.1 Å². The van der Waals surface area contributed by atoms with Crippen LogP contribution >= 0.6 is 23.4 Å². The number of carbonyl (C=O) groups is 2. The first-order valence-corrected chi connectivity index (χ1v) is 13.0. The maximum Gasteiger partial charge on any atom is 0.255 e. The van der Waals surface area contributed by atoms with Gasteiger partial charge in [0.25, 0.3) is 5.91 Å². The molecule has 3 aromatic carbocycles. The van der Waals surface area contributed by atoms with Crippen LogP contribution in [-0.4, -0.2) is 32.2 Å². The number of nitrogens with one attached hydrogen (secondary N) is 2. The van der Waals surface area contributed by atoms with Gasteiger partial charge in [-0.1, -0.05) is 89.6 Å². The summed E-state index contributed by atoms with van der Waals surface area (Å²) in [6.07, 6.45) is 0. The van der Waals surface area contributed by atoms with Crippen LogP contribution in [0.15, 0.2) is 95.3 Å². The molecule has 0 saturated carbocycles. The number of ketones is 1. The second-order valence-corrected chi connectivity index (χ2v) is 10.00. The highest BCUT2D eigenvalue weighted by molar-refractivity contribution is 7.99. The lowest BCUT2D eigenvalue weighted by Crippen LogP contribution is -2.31. The molecule has 5 rings (SSSR count). The summed E-state index contributed by atoms with van der Waals surface area (Å²) in [6.45, 7) is 3.81. The number of nitrogens with zero attached hydrogens (tertiary/aromatic N) is 3. The van der Waals surface area contributed by atoms with Gasteiger partial charge in [-0.2, -0.15) is 4.98 Å². The fraction of sp³-hybridized carbons (Fsp3) is 0.143. The van der Waals surface area contributed by atoms with Crippen LogP contribution in [-0.2, 0) is 4.79 Å². The molecule has 1 aliphatic heterocycles. The van der Waals surface area contributed by atoms with Crippen molar-refractivity contribution in [2.24, 2.45) is 0 Å². The number of allylic oxidation sites excluding steroid dienone is 1. The van der Waals surface area contributed by atoms with Gasteiger partial charge < -0.3 is 10.6 Å². The van der Waals surface area contributed by atoms with E-state index in [1.807, 2.05) is 86.6 Å². The molecular weight excluding hydrogens is 506 g/mol. The van der Waals surface area contributed by atoms with Crippen molar-refractivity contribution in [2.75, 3.05) is 16.4 Å². The number of hydrogen-bond acceptors (Lipinski definition) is 6. The van der Waals surface area contributed by atoms with Crippen LogP contribution in [0.2, 0.25) is 5.02 Å². The van der Waals surface area contributed by atoms with Gasteiger partial charge in [0.05, 0.1) is 11.3 Å². The summed E-state index contributed by atoms with van der Waals surface area (Å²) in [6, 6.07) is 23.5. The normalized spacial score (nSPS) is 14.6. The number of hydrogen-bond donors (Lipinski definition) is 2. The van der Waals surface area contributed by atoms with E-state index in [0.29, 0.717) is 38.6 Å². The number of aromatic nitrogens is 3. The van der Waals surface area contributed by atoms with Gasteiger partial charge in [0, 0.05) is 27.5 Å². The van der Waals surface area contributed by atoms with Crippen molar-refractivity contribution in [3.05, 3.63) is 112 Å². The predicted octanol–water partition coefficient (Wildman–Crippen LogP) is 6.14. The second kappa shape index (κ2) is 10.6. The third-order valence-electron chi connectivity index (χ3n) is 6.02. The molecule has 1 amide bonds. The number of para-hydroxylation sites is 1. The molecule has 2 heterocycles. The maximum absolute atomic E-state index is 13.5. The Balaban J connectivity index is 1.46. The van der Waals surface area contributed by atoms with Gasteiger partial charge in [0.15, 0.2) is 5.78 Å². The molecule has 4 aromatic rings.